The monoisotopic (exact) mass is 351 g/mol. The van der Waals surface area contributed by atoms with Gasteiger partial charge >= 0.3 is 0 Å². The minimum Gasteiger partial charge on any atom is -0.376 e. The molecule has 23 heavy (non-hydrogen) atoms. The second-order valence-electron chi connectivity index (χ2n) is 4.96. The van der Waals surface area contributed by atoms with Crippen LogP contribution in [0.25, 0.3) is 6.08 Å². The summed E-state index contributed by atoms with van der Waals surface area (Å²) in [7, 11) is -0.248. The Morgan fingerprint density at radius 3 is 2.61 bits per heavy atom. The van der Waals surface area contributed by atoms with Gasteiger partial charge in [0.15, 0.2) is 0 Å². The van der Waals surface area contributed by atoms with Gasteiger partial charge in [-0.15, -0.1) is 11.3 Å². The predicted molar refractivity (Wildman–Crippen MR) is 94.1 cm³/mol. The molecule has 0 unspecified atom stereocenters. The number of carbonyl (C=O) groups excluding carboxylic acids is 1. The summed E-state index contributed by atoms with van der Waals surface area (Å²) < 4.78 is 22.9. The van der Waals surface area contributed by atoms with Crippen molar-refractivity contribution in [2.24, 2.45) is 5.14 Å². The number of rotatable bonds is 5. The molecule has 2 rings (SSSR count). The van der Waals surface area contributed by atoms with E-state index in [0.717, 1.165) is 4.88 Å². The zero-order valence-corrected chi connectivity index (χ0v) is 14.3. The number of hydrogen-bond donors (Lipinski definition) is 2. The molecule has 0 radical (unpaired) electrons. The fourth-order valence-corrected chi connectivity index (χ4v) is 3.06. The van der Waals surface area contributed by atoms with E-state index < -0.39 is 10.0 Å². The molecule has 0 fully saturated rings. The van der Waals surface area contributed by atoms with E-state index in [-0.39, 0.29) is 10.8 Å². The summed E-state index contributed by atoms with van der Waals surface area (Å²) in [5, 5.41) is 9.74. The Balaban J connectivity index is 2.27. The van der Waals surface area contributed by atoms with E-state index in [2.05, 4.69) is 5.32 Å². The third-order valence-corrected chi connectivity index (χ3v) is 4.73. The smallest absolute Gasteiger partial charge is 0.248 e. The molecule has 0 aliphatic carbocycles. The van der Waals surface area contributed by atoms with E-state index >= 15 is 0 Å². The lowest BCUT2D eigenvalue weighted by atomic mass is 10.2. The number of anilines is 2. The molecule has 0 aliphatic rings. The second-order valence-corrected chi connectivity index (χ2v) is 7.50. The standard InChI is InChI=1S/C15H17N3O3S2/c1-18(2)14-7-6-12(23(16,20)21)10-13(14)17-15(19)8-5-11-4-3-9-22-11/h3-10H,1-2H3,(H,17,19)(H2,16,20,21)/b8-5+. The Hall–Kier alpha value is -2.16. The fourth-order valence-electron chi connectivity index (χ4n) is 1.90. The van der Waals surface area contributed by atoms with Gasteiger partial charge in [0.05, 0.1) is 16.3 Å². The van der Waals surface area contributed by atoms with Gasteiger partial charge in [-0.3, -0.25) is 4.79 Å². The normalized spacial score (nSPS) is 11.6. The molecule has 1 amide bonds. The fraction of sp³-hybridized carbons (Fsp3) is 0.133. The number of amides is 1. The summed E-state index contributed by atoms with van der Waals surface area (Å²) in [5.74, 6) is -0.354. The van der Waals surface area contributed by atoms with Gasteiger partial charge in [0, 0.05) is 25.0 Å². The van der Waals surface area contributed by atoms with Gasteiger partial charge in [0.2, 0.25) is 15.9 Å². The van der Waals surface area contributed by atoms with Gasteiger partial charge < -0.3 is 10.2 Å². The average molecular weight is 351 g/mol. The van der Waals surface area contributed by atoms with Crippen LogP contribution in [0, 0.1) is 0 Å². The van der Waals surface area contributed by atoms with Gasteiger partial charge in [0.25, 0.3) is 0 Å². The van der Waals surface area contributed by atoms with Gasteiger partial charge in [-0.1, -0.05) is 6.07 Å². The number of benzene rings is 1. The lowest BCUT2D eigenvalue weighted by Crippen LogP contribution is -2.17. The Morgan fingerprint density at radius 2 is 2.04 bits per heavy atom. The number of sulfonamides is 1. The minimum absolute atomic E-state index is 0.0550. The number of nitrogens with one attached hydrogen (secondary N) is 1. The molecule has 6 nitrogen and oxygen atoms in total. The number of nitrogens with two attached hydrogens (primary N) is 1. The van der Waals surface area contributed by atoms with Gasteiger partial charge in [-0.2, -0.15) is 0 Å². The summed E-state index contributed by atoms with van der Waals surface area (Å²) in [5.41, 5.74) is 1.05. The van der Waals surface area contributed by atoms with Crippen molar-refractivity contribution < 1.29 is 13.2 Å². The van der Waals surface area contributed by atoms with Crippen LogP contribution >= 0.6 is 11.3 Å². The van der Waals surface area contributed by atoms with Crippen molar-refractivity contribution in [3.63, 3.8) is 0 Å². The Morgan fingerprint density at radius 1 is 1.30 bits per heavy atom. The molecular weight excluding hydrogens is 334 g/mol. The minimum atomic E-state index is -3.84. The highest BCUT2D eigenvalue weighted by Gasteiger charge is 2.13. The third-order valence-electron chi connectivity index (χ3n) is 2.98. The van der Waals surface area contributed by atoms with Crippen molar-refractivity contribution in [1.29, 1.82) is 0 Å². The lowest BCUT2D eigenvalue weighted by Gasteiger charge is -2.18. The van der Waals surface area contributed by atoms with Crippen LogP contribution < -0.4 is 15.4 Å². The van der Waals surface area contributed by atoms with Crippen LogP contribution in [0.3, 0.4) is 0 Å². The van der Waals surface area contributed by atoms with Crippen molar-refractivity contribution >= 4 is 44.7 Å². The summed E-state index contributed by atoms with van der Waals surface area (Å²) in [6.07, 6.45) is 3.09. The van der Waals surface area contributed by atoms with Crippen molar-refractivity contribution in [1.82, 2.24) is 0 Å². The third kappa shape index (κ3) is 4.65. The molecule has 2 aromatic rings. The predicted octanol–water partition coefficient (Wildman–Crippen LogP) is 2.11. The molecule has 8 heteroatoms. The number of nitrogens with zero attached hydrogens (tertiary/aromatic N) is 1. The van der Waals surface area contributed by atoms with E-state index in [1.165, 1.54) is 29.5 Å². The second kappa shape index (κ2) is 6.95. The molecule has 3 N–H and O–H groups in total. The molecule has 0 saturated heterocycles. The van der Waals surface area contributed by atoms with Crippen molar-refractivity contribution in [2.75, 3.05) is 24.3 Å². The first-order valence-corrected chi connectivity index (χ1v) is 9.07. The van der Waals surface area contributed by atoms with Crippen LogP contribution in [0.4, 0.5) is 11.4 Å². The molecule has 0 bridgehead atoms. The summed E-state index contributed by atoms with van der Waals surface area (Å²) in [6, 6.07) is 8.13. The first-order chi connectivity index (χ1) is 10.8. The van der Waals surface area contributed by atoms with Crippen LogP contribution in [-0.4, -0.2) is 28.4 Å². The molecule has 0 aliphatic heterocycles. The summed E-state index contributed by atoms with van der Waals surface area (Å²) in [4.78, 5) is 14.7. The summed E-state index contributed by atoms with van der Waals surface area (Å²) >= 11 is 1.51. The van der Waals surface area contributed by atoms with E-state index in [9.17, 15) is 13.2 Å². The Bertz CT molecular complexity index is 826. The van der Waals surface area contributed by atoms with Crippen LogP contribution in [-0.2, 0) is 14.8 Å². The maximum Gasteiger partial charge on any atom is 0.248 e. The molecule has 1 aromatic carbocycles. The van der Waals surface area contributed by atoms with E-state index in [0.29, 0.717) is 11.4 Å². The maximum absolute atomic E-state index is 12.1. The van der Waals surface area contributed by atoms with Crippen LogP contribution in [0.2, 0.25) is 0 Å². The van der Waals surface area contributed by atoms with Crippen molar-refractivity contribution in [3.05, 3.63) is 46.7 Å². The largest absolute Gasteiger partial charge is 0.376 e. The summed E-state index contributed by atoms with van der Waals surface area (Å²) in [6.45, 7) is 0. The van der Waals surface area contributed by atoms with Crippen molar-refractivity contribution in [3.8, 4) is 0 Å². The molecule has 1 aromatic heterocycles. The molecule has 122 valence electrons. The van der Waals surface area contributed by atoms with Gasteiger partial charge in [-0.05, 0) is 35.7 Å². The zero-order chi connectivity index (χ0) is 17.0. The highest BCUT2D eigenvalue weighted by molar-refractivity contribution is 7.89. The number of primary sulfonamides is 1. The maximum atomic E-state index is 12.1. The number of carbonyl (C=O) groups is 1. The molecule has 0 saturated carbocycles. The highest BCUT2D eigenvalue weighted by Crippen LogP contribution is 2.27. The van der Waals surface area contributed by atoms with Gasteiger partial charge in [-0.25, -0.2) is 13.6 Å². The SMILES string of the molecule is CN(C)c1ccc(S(N)(=O)=O)cc1NC(=O)/C=C/c1cccs1. The molecular formula is C15H17N3O3S2. The van der Waals surface area contributed by atoms with Gasteiger partial charge in [0.1, 0.15) is 0 Å². The first-order valence-electron chi connectivity index (χ1n) is 6.64. The molecule has 0 atom stereocenters. The van der Waals surface area contributed by atoms with Crippen LogP contribution in [0.15, 0.2) is 46.7 Å². The Kier molecular flexibility index (Phi) is 5.19. The van der Waals surface area contributed by atoms with Crippen LogP contribution in [0.5, 0.6) is 0 Å². The number of hydrogen-bond acceptors (Lipinski definition) is 5. The average Bonchev–Trinajstić information content (AvgIpc) is 2.97. The highest BCUT2D eigenvalue weighted by atomic mass is 32.2. The quantitative estimate of drug-likeness (QED) is 0.807. The lowest BCUT2D eigenvalue weighted by molar-refractivity contribution is -0.111. The first kappa shape index (κ1) is 17.2. The van der Waals surface area contributed by atoms with E-state index in [4.69, 9.17) is 5.14 Å². The molecule has 0 spiro atoms. The van der Waals surface area contributed by atoms with Crippen LogP contribution in [0.1, 0.15) is 4.88 Å². The van der Waals surface area contributed by atoms with E-state index in [1.807, 2.05) is 17.5 Å². The Labute approximate surface area is 139 Å². The number of thiophene rings is 1. The van der Waals surface area contributed by atoms with E-state index in [1.54, 1.807) is 31.1 Å². The molecule has 1 heterocycles. The van der Waals surface area contributed by atoms with Crippen molar-refractivity contribution in [2.45, 2.75) is 4.90 Å². The topological polar surface area (TPSA) is 92.5 Å². The zero-order valence-electron chi connectivity index (χ0n) is 12.7.